The highest BCUT2D eigenvalue weighted by atomic mass is 79.9. The summed E-state index contributed by atoms with van der Waals surface area (Å²) in [5.74, 6) is 0.219. The fraction of sp³-hybridized carbons (Fsp3) is 0.0714. The first kappa shape index (κ1) is 13.3. The van der Waals surface area contributed by atoms with E-state index in [1.54, 1.807) is 18.3 Å². The number of halogens is 2. The first-order valence-corrected chi connectivity index (χ1v) is 6.93. The van der Waals surface area contributed by atoms with Crippen molar-refractivity contribution in [2.75, 3.05) is 0 Å². The summed E-state index contributed by atoms with van der Waals surface area (Å²) < 4.78 is 1.94. The van der Waals surface area contributed by atoms with Crippen LogP contribution in [-0.4, -0.2) is 11.3 Å². The fourth-order valence-corrected chi connectivity index (χ4v) is 2.39. The Labute approximate surface area is 123 Å². The summed E-state index contributed by atoms with van der Waals surface area (Å²) in [5, 5.41) is 9.71. The van der Waals surface area contributed by atoms with E-state index in [0.29, 0.717) is 5.56 Å². The van der Waals surface area contributed by atoms with Crippen molar-refractivity contribution in [3.63, 3.8) is 0 Å². The molecule has 0 aromatic heterocycles. The van der Waals surface area contributed by atoms with E-state index in [1.165, 1.54) is 0 Å². The summed E-state index contributed by atoms with van der Waals surface area (Å²) in [4.78, 5) is 4.39. The van der Waals surface area contributed by atoms with E-state index >= 15 is 0 Å². The molecule has 0 fully saturated rings. The number of rotatable bonds is 2. The van der Waals surface area contributed by atoms with Crippen LogP contribution in [0.15, 0.2) is 50.3 Å². The molecule has 2 aromatic carbocycles. The van der Waals surface area contributed by atoms with Gasteiger partial charge in [-0.3, -0.25) is 4.99 Å². The van der Waals surface area contributed by atoms with Gasteiger partial charge in [0.05, 0.1) is 5.69 Å². The minimum atomic E-state index is 0.219. The molecule has 0 amide bonds. The number of hydrogen-bond acceptors (Lipinski definition) is 2. The fourth-order valence-electron chi connectivity index (χ4n) is 1.53. The zero-order chi connectivity index (χ0) is 13.1. The van der Waals surface area contributed by atoms with Crippen LogP contribution in [0.25, 0.3) is 0 Å². The van der Waals surface area contributed by atoms with Gasteiger partial charge in [-0.25, -0.2) is 0 Å². The summed E-state index contributed by atoms with van der Waals surface area (Å²) in [6, 6.07) is 11.1. The van der Waals surface area contributed by atoms with Gasteiger partial charge in [0.2, 0.25) is 0 Å². The Morgan fingerprint density at radius 3 is 2.44 bits per heavy atom. The standard InChI is InChI=1S/C14H11Br2NO/c1-9-6-11(15)2-4-13(9)17-8-10-7-12(16)3-5-14(10)18/h2-8,18H,1H3. The molecular weight excluding hydrogens is 358 g/mol. The van der Waals surface area contributed by atoms with Gasteiger partial charge < -0.3 is 5.11 Å². The summed E-state index contributed by atoms with van der Waals surface area (Å²) in [5.41, 5.74) is 2.65. The SMILES string of the molecule is Cc1cc(Br)ccc1N=Cc1cc(Br)ccc1O. The summed E-state index contributed by atoms with van der Waals surface area (Å²) >= 11 is 6.78. The van der Waals surface area contributed by atoms with Crippen LogP contribution >= 0.6 is 31.9 Å². The highest BCUT2D eigenvalue weighted by molar-refractivity contribution is 9.10. The van der Waals surface area contributed by atoms with Crippen LogP contribution in [0.1, 0.15) is 11.1 Å². The topological polar surface area (TPSA) is 32.6 Å². The molecule has 0 heterocycles. The Kier molecular flexibility index (Phi) is 4.19. The van der Waals surface area contributed by atoms with Crippen molar-refractivity contribution in [1.29, 1.82) is 0 Å². The van der Waals surface area contributed by atoms with E-state index in [1.807, 2.05) is 31.2 Å². The summed E-state index contributed by atoms with van der Waals surface area (Å²) in [6.07, 6.45) is 1.66. The molecule has 0 radical (unpaired) electrons. The van der Waals surface area contributed by atoms with Crippen molar-refractivity contribution < 1.29 is 5.11 Å². The Bertz CT molecular complexity index is 609. The molecule has 0 unspecified atom stereocenters. The molecule has 1 N–H and O–H groups in total. The number of aliphatic imine (C=N–C) groups is 1. The number of benzene rings is 2. The van der Waals surface area contributed by atoms with Gasteiger partial charge in [0, 0.05) is 20.7 Å². The van der Waals surface area contributed by atoms with E-state index in [0.717, 1.165) is 20.2 Å². The third-order valence-electron chi connectivity index (χ3n) is 2.49. The van der Waals surface area contributed by atoms with Gasteiger partial charge in [0.25, 0.3) is 0 Å². The van der Waals surface area contributed by atoms with Crippen LogP contribution in [0, 0.1) is 6.92 Å². The van der Waals surface area contributed by atoms with Crippen LogP contribution in [0.4, 0.5) is 5.69 Å². The van der Waals surface area contributed by atoms with E-state index in [9.17, 15) is 5.11 Å². The molecule has 0 atom stereocenters. The summed E-state index contributed by atoms with van der Waals surface area (Å²) in [6.45, 7) is 2.00. The minimum Gasteiger partial charge on any atom is -0.507 e. The second-order valence-electron chi connectivity index (χ2n) is 3.89. The lowest BCUT2D eigenvalue weighted by atomic mass is 10.2. The van der Waals surface area contributed by atoms with Crippen molar-refractivity contribution >= 4 is 43.8 Å². The van der Waals surface area contributed by atoms with Crippen LogP contribution in [0.5, 0.6) is 5.75 Å². The molecule has 0 aliphatic heterocycles. The number of phenolic OH excluding ortho intramolecular Hbond substituents is 1. The number of aromatic hydroxyl groups is 1. The van der Waals surface area contributed by atoms with Crippen molar-refractivity contribution in [2.45, 2.75) is 6.92 Å². The smallest absolute Gasteiger partial charge is 0.124 e. The third kappa shape index (κ3) is 3.21. The molecule has 0 aliphatic carbocycles. The largest absolute Gasteiger partial charge is 0.507 e. The highest BCUT2D eigenvalue weighted by Crippen LogP contribution is 2.24. The Morgan fingerprint density at radius 2 is 1.72 bits per heavy atom. The predicted molar refractivity (Wildman–Crippen MR) is 81.9 cm³/mol. The van der Waals surface area contributed by atoms with Crippen LogP contribution in [0.3, 0.4) is 0 Å². The molecule has 4 heteroatoms. The Balaban J connectivity index is 2.32. The molecule has 18 heavy (non-hydrogen) atoms. The van der Waals surface area contributed by atoms with Crippen LogP contribution < -0.4 is 0 Å². The van der Waals surface area contributed by atoms with E-state index < -0.39 is 0 Å². The van der Waals surface area contributed by atoms with E-state index in [4.69, 9.17) is 0 Å². The average Bonchev–Trinajstić information content (AvgIpc) is 2.32. The maximum absolute atomic E-state index is 9.71. The summed E-state index contributed by atoms with van der Waals surface area (Å²) in [7, 11) is 0. The zero-order valence-electron chi connectivity index (χ0n) is 9.69. The molecule has 92 valence electrons. The number of hydrogen-bond donors (Lipinski definition) is 1. The molecule has 2 aromatic rings. The third-order valence-corrected chi connectivity index (χ3v) is 3.48. The second-order valence-corrected chi connectivity index (χ2v) is 5.72. The maximum atomic E-state index is 9.71. The first-order valence-electron chi connectivity index (χ1n) is 5.35. The molecular formula is C14H11Br2NO. The van der Waals surface area contributed by atoms with Crippen LogP contribution in [0.2, 0.25) is 0 Å². The van der Waals surface area contributed by atoms with Gasteiger partial charge in [-0.1, -0.05) is 31.9 Å². The quantitative estimate of drug-likeness (QED) is 0.745. The van der Waals surface area contributed by atoms with Crippen molar-refractivity contribution in [1.82, 2.24) is 0 Å². The van der Waals surface area contributed by atoms with Crippen molar-refractivity contribution in [3.05, 3.63) is 56.5 Å². The normalized spacial score (nSPS) is 11.1. The lowest BCUT2D eigenvalue weighted by molar-refractivity contribution is 0.474. The van der Waals surface area contributed by atoms with Gasteiger partial charge >= 0.3 is 0 Å². The Morgan fingerprint density at radius 1 is 1.06 bits per heavy atom. The van der Waals surface area contributed by atoms with Crippen LogP contribution in [-0.2, 0) is 0 Å². The van der Waals surface area contributed by atoms with Gasteiger partial charge in [-0.05, 0) is 48.9 Å². The van der Waals surface area contributed by atoms with Gasteiger partial charge in [-0.2, -0.15) is 0 Å². The molecule has 0 saturated heterocycles. The molecule has 0 aliphatic rings. The van der Waals surface area contributed by atoms with Crippen molar-refractivity contribution in [3.8, 4) is 5.75 Å². The van der Waals surface area contributed by atoms with Crippen molar-refractivity contribution in [2.24, 2.45) is 4.99 Å². The van der Waals surface area contributed by atoms with E-state index in [2.05, 4.69) is 36.9 Å². The second kappa shape index (κ2) is 5.67. The number of nitrogens with zero attached hydrogens (tertiary/aromatic N) is 1. The maximum Gasteiger partial charge on any atom is 0.124 e. The molecule has 2 rings (SSSR count). The lowest BCUT2D eigenvalue weighted by Crippen LogP contribution is -1.83. The van der Waals surface area contributed by atoms with Gasteiger partial charge in [0.15, 0.2) is 0 Å². The Hall–Kier alpha value is -1.13. The predicted octanol–water partition coefficient (Wildman–Crippen LogP) is 4.98. The molecule has 0 spiro atoms. The number of phenols is 1. The van der Waals surface area contributed by atoms with Gasteiger partial charge in [0.1, 0.15) is 5.75 Å². The average molecular weight is 369 g/mol. The molecule has 2 nitrogen and oxygen atoms in total. The van der Waals surface area contributed by atoms with E-state index in [-0.39, 0.29) is 5.75 Å². The minimum absolute atomic E-state index is 0.219. The zero-order valence-corrected chi connectivity index (χ0v) is 12.9. The first-order chi connectivity index (χ1) is 8.56. The highest BCUT2D eigenvalue weighted by Gasteiger charge is 2.00. The van der Waals surface area contributed by atoms with Gasteiger partial charge in [-0.15, -0.1) is 0 Å². The molecule has 0 saturated carbocycles. The number of aryl methyl sites for hydroxylation is 1. The lowest BCUT2D eigenvalue weighted by Gasteiger charge is -2.02. The molecule has 0 bridgehead atoms. The monoisotopic (exact) mass is 367 g/mol.